The van der Waals surface area contributed by atoms with Crippen LogP contribution in [0.1, 0.15) is 32.6 Å². The maximum absolute atomic E-state index is 12.1. The molecule has 0 saturated heterocycles. The molecular weight excluding hydrogens is 272 g/mol. The molecule has 0 atom stereocenters. The standard InChI is InChI=1S/C14H22N4OS/c1-3-6-17(2)11-7-13(19)18(16-9-11)10-14(4-5-14)8-12(15)20/h7,9H,3-6,8,10H2,1-2H3,(H2,15,20). The molecule has 0 radical (unpaired) electrons. The van der Waals surface area contributed by atoms with Crippen molar-refractivity contribution in [3.63, 3.8) is 0 Å². The predicted molar refractivity (Wildman–Crippen MR) is 85.1 cm³/mol. The van der Waals surface area contributed by atoms with E-state index in [0.29, 0.717) is 18.0 Å². The molecule has 0 aromatic carbocycles. The van der Waals surface area contributed by atoms with E-state index in [4.69, 9.17) is 18.0 Å². The Kier molecular flexibility index (Phi) is 4.42. The summed E-state index contributed by atoms with van der Waals surface area (Å²) in [5.41, 5.74) is 6.51. The van der Waals surface area contributed by atoms with Gasteiger partial charge in [-0.15, -0.1) is 0 Å². The fourth-order valence-electron chi connectivity index (χ4n) is 2.47. The highest BCUT2D eigenvalue weighted by molar-refractivity contribution is 7.80. The number of hydrogen-bond donors (Lipinski definition) is 1. The molecule has 110 valence electrons. The molecule has 1 aromatic rings. The average molecular weight is 294 g/mol. The van der Waals surface area contributed by atoms with Crippen LogP contribution in [0.15, 0.2) is 17.1 Å². The van der Waals surface area contributed by atoms with Gasteiger partial charge in [0.15, 0.2) is 0 Å². The number of rotatable bonds is 7. The van der Waals surface area contributed by atoms with E-state index in [1.54, 1.807) is 12.3 Å². The summed E-state index contributed by atoms with van der Waals surface area (Å²) in [6.07, 6.45) is 5.63. The summed E-state index contributed by atoms with van der Waals surface area (Å²) >= 11 is 4.98. The van der Waals surface area contributed by atoms with Gasteiger partial charge in [-0.25, -0.2) is 4.68 Å². The molecule has 0 spiro atoms. The number of anilines is 1. The van der Waals surface area contributed by atoms with Crippen LogP contribution < -0.4 is 16.2 Å². The van der Waals surface area contributed by atoms with Crippen molar-refractivity contribution in [3.05, 3.63) is 22.6 Å². The third kappa shape index (κ3) is 3.56. The number of nitrogens with zero attached hydrogens (tertiary/aromatic N) is 3. The van der Waals surface area contributed by atoms with Gasteiger partial charge in [-0.05, 0) is 24.7 Å². The molecule has 0 bridgehead atoms. The molecule has 1 fully saturated rings. The summed E-state index contributed by atoms with van der Waals surface area (Å²) < 4.78 is 1.54. The van der Waals surface area contributed by atoms with E-state index < -0.39 is 0 Å². The van der Waals surface area contributed by atoms with Gasteiger partial charge in [0, 0.05) is 26.1 Å². The SMILES string of the molecule is CCCN(C)c1cnn(CC2(CC(N)=S)CC2)c(=O)c1. The van der Waals surface area contributed by atoms with Gasteiger partial charge in [0.05, 0.1) is 23.4 Å². The molecule has 1 aliphatic rings. The van der Waals surface area contributed by atoms with Crippen molar-refractivity contribution >= 4 is 22.9 Å². The zero-order valence-electron chi connectivity index (χ0n) is 12.1. The molecule has 0 amide bonds. The molecule has 2 rings (SSSR count). The summed E-state index contributed by atoms with van der Waals surface area (Å²) in [6.45, 7) is 3.63. The molecule has 2 N–H and O–H groups in total. The largest absolute Gasteiger partial charge is 0.393 e. The van der Waals surface area contributed by atoms with Crippen LogP contribution in [0, 0.1) is 5.41 Å². The Balaban J connectivity index is 2.11. The monoisotopic (exact) mass is 294 g/mol. The molecule has 1 aliphatic carbocycles. The quantitative estimate of drug-likeness (QED) is 0.773. The Morgan fingerprint density at radius 2 is 2.30 bits per heavy atom. The van der Waals surface area contributed by atoms with Crippen LogP contribution in [0.25, 0.3) is 0 Å². The minimum atomic E-state index is -0.0559. The smallest absolute Gasteiger partial charge is 0.268 e. The van der Waals surface area contributed by atoms with E-state index in [2.05, 4.69) is 12.0 Å². The lowest BCUT2D eigenvalue weighted by Gasteiger charge is -2.19. The van der Waals surface area contributed by atoms with Crippen molar-refractivity contribution in [2.45, 2.75) is 39.2 Å². The Morgan fingerprint density at radius 1 is 1.60 bits per heavy atom. The van der Waals surface area contributed by atoms with E-state index in [1.165, 1.54) is 4.68 Å². The van der Waals surface area contributed by atoms with E-state index in [9.17, 15) is 4.79 Å². The van der Waals surface area contributed by atoms with Crippen LogP contribution in [0.4, 0.5) is 5.69 Å². The molecule has 5 nitrogen and oxygen atoms in total. The first-order chi connectivity index (χ1) is 9.46. The summed E-state index contributed by atoms with van der Waals surface area (Å²) in [6, 6.07) is 1.65. The Morgan fingerprint density at radius 3 is 2.80 bits per heavy atom. The highest BCUT2D eigenvalue weighted by Crippen LogP contribution is 2.49. The Labute approximate surface area is 124 Å². The van der Waals surface area contributed by atoms with Crippen LogP contribution in [-0.4, -0.2) is 28.4 Å². The van der Waals surface area contributed by atoms with Gasteiger partial charge in [-0.1, -0.05) is 19.1 Å². The second-order valence-corrected chi connectivity index (χ2v) is 6.30. The summed E-state index contributed by atoms with van der Waals surface area (Å²) in [5.74, 6) is 0. The molecule has 1 saturated carbocycles. The van der Waals surface area contributed by atoms with Crippen LogP contribution >= 0.6 is 12.2 Å². The van der Waals surface area contributed by atoms with Crippen LogP contribution in [0.5, 0.6) is 0 Å². The molecule has 6 heteroatoms. The zero-order chi connectivity index (χ0) is 14.8. The van der Waals surface area contributed by atoms with Gasteiger partial charge in [0.2, 0.25) is 0 Å². The summed E-state index contributed by atoms with van der Waals surface area (Å²) in [5, 5.41) is 4.29. The van der Waals surface area contributed by atoms with Crippen molar-refractivity contribution in [2.24, 2.45) is 11.1 Å². The third-order valence-electron chi connectivity index (χ3n) is 3.85. The van der Waals surface area contributed by atoms with Gasteiger partial charge in [0.1, 0.15) is 0 Å². The lowest BCUT2D eigenvalue weighted by molar-refractivity contribution is 0.397. The second-order valence-electron chi connectivity index (χ2n) is 5.77. The zero-order valence-corrected chi connectivity index (χ0v) is 12.9. The first-order valence-corrected chi connectivity index (χ1v) is 7.43. The highest BCUT2D eigenvalue weighted by Gasteiger charge is 2.43. The van der Waals surface area contributed by atoms with Crippen molar-refractivity contribution in [3.8, 4) is 0 Å². The summed E-state index contributed by atoms with van der Waals surface area (Å²) in [4.78, 5) is 14.7. The van der Waals surface area contributed by atoms with Gasteiger partial charge >= 0.3 is 0 Å². The van der Waals surface area contributed by atoms with Gasteiger partial charge in [-0.3, -0.25) is 4.79 Å². The molecule has 1 heterocycles. The fraction of sp³-hybridized carbons (Fsp3) is 0.643. The van der Waals surface area contributed by atoms with Crippen LogP contribution in [0.2, 0.25) is 0 Å². The lowest BCUT2D eigenvalue weighted by Crippen LogP contribution is -2.30. The van der Waals surface area contributed by atoms with Crippen LogP contribution in [-0.2, 0) is 6.54 Å². The predicted octanol–water partition coefficient (Wildman–Crippen LogP) is 1.55. The second kappa shape index (κ2) is 5.91. The average Bonchev–Trinajstić information content (AvgIpc) is 3.11. The van der Waals surface area contributed by atoms with Crippen LogP contribution in [0.3, 0.4) is 0 Å². The number of thiocarbonyl (C=S) groups is 1. The van der Waals surface area contributed by atoms with Crippen molar-refractivity contribution in [2.75, 3.05) is 18.5 Å². The molecule has 0 aliphatic heterocycles. The number of hydrogen-bond acceptors (Lipinski definition) is 4. The van der Waals surface area contributed by atoms with Gasteiger partial charge < -0.3 is 10.6 Å². The highest BCUT2D eigenvalue weighted by atomic mass is 32.1. The topological polar surface area (TPSA) is 64.2 Å². The molecule has 20 heavy (non-hydrogen) atoms. The Hall–Kier alpha value is -1.43. The lowest BCUT2D eigenvalue weighted by atomic mass is 10.0. The first-order valence-electron chi connectivity index (χ1n) is 7.02. The summed E-state index contributed by atoms with van der Waals surface area (Å²) in [7, 11) is 1.97. The maximum atomic E-state index is 12.1. The van der Waals surface area contributed by atoms with Crippen molar-refractivity contribution in [1.29, 1.82) is 0 Å². The third-order valence-corrected chi connectivity index (χ3v) is 3.99. The van der Waals surface area contributed by atoms with E-state index >= 15 is 0 Å². The van der Waals surface area contributed by atoms with Gasteiger partial charge in [0.25, 0.3) is 5.56 Å². The van der Waals surface area contributed by atoms with Crippen molar-refractivity contribution in [1.82, 2.24) is 9.78 Å². The molecule has 0 unspecified atom stereocenters. The normalized spacial score (nSPS) is 15.9. The van der Waals surface area contributed by atoms with E-state index in [0.717, 1.165) is 31.5 Å². The van der Waals surface area contributed by atoms with E-state index in [-0.39, 0.29) is 11.0 Å². The molecule has 1 aromatic heterocycles. The molecular formula is C14H22N4OS. The number of aromatic nitrogens is 2. The Bertz CT molecular complexity index is 550. The first kappa shape index (κ1) is 15.0. The minimum Gasteiger partial charge on any atom is -0.393 e. The fourth-order valence-corrected chi connectivity index (χ4v) is 2.78. The number of nitrogens with two attached hydrogens (primary N) is 1. The van der Waals surface area contributed by atoms with E-state index in [1.807, 2.05) is 11.9 Å². The van der Waals surface area contributed by atoms with Gasteiger partial charge in [-0.2, -0.15) is 5.10 Å². The minimum absolute atomic E-state index is 0.0559. The van der Waals surface area contributed by atoms with Crippen molar-refractivity contribution < 1.29 is 0 Å². The maximum Gasteiger partial charge on any atom is 0.268 e.